The van der Waals surface area contributed by atoms with E-state index in [-0.39, 0.29) is 5.69 Å². The van der Waals surface area contributed by atoms with Crippen LogP contribution in [0.15, 0.2) is 30.3 Å². The number of nitrogens with zero attached hydrogens (tertiary/aromatic N) is 2. The van der Waals surface area contributed by atoms with Crippen LogP contribution in [0.4, 0.5) is 32.0 Å². The zero-order valence-electron chi connectivity index (χ0n) is 12.5. The fraction of sp³-hybridized carbons (Fsp3) is 0.286. The highest BCUT2D eigenvalue weighted by Crippen LogP contribution is 2.34. The van der Waals surface area contributed by atoms with Gasteiger partial charge in [0.25, 0.3) is 12.3 Å². The molecule has 0 radical (unpaired) electrons. The third-order valence-corrected chi connectivity index (χ3v) is 2.97. The first kappa shape index (κ1) is 18.6. The molecule has 0 saturated heterocycles. The first-order valence-electron chi connectivity index (χ1n) is 6.70. The highest BCUT2D eigenvalue weighted by molar-refractivity contribution is 6.06. The van der Waals surface area contributed by atoms with Crippen molar-refractivity contribution >= 4 is 11.6 Å². The van der Waals surface area contributed by atoms with Gasteiger partial charge < -0.3 is 10.1 Å². The Morgan fingerprint density at radius 3 is 2.32 bits per heavy atom. The number of aromatic nitrogens is 2. The summed E-state index contributed by atoms with van der Waals surface area (Å²) in [5.41, 5.74) is -2.05. The largest absolute Gasteiger partial charge is 0.462 e. The molecule has 0 unspecified atom stereocenters. The average molecular weight is 367 g/mol. The third kappa shape index (κ3) is 4.03. The Hall–Kier alpha value is -2.72. The maximum Gasteiger partial charge on any atom is 0.462 e. The summed E-state index contributed by atoms with van der Waals surface area (Å²) in [5.74, 6) is -2.45. The van der Waals surface area contributed by atoms with Crippen LogP contribution >= 0.6 is 0 Å². The molecule has 25 heavy (non-hydrogen) atoms. The van der Waals surface area contributed by atoms with Crippen molar-refractivity contribution in [2.75, 3.05) is 5.32 Å². The molecule has 0 atom stereocenters. The second-order valence-electron chi connectivity index (χ2n) is 4.77. The molecule has 0 aliphatic heterocycles. The van der Waals surface area contributed by atoms with Gasteiger partial charge in [-0.25, -0.2) is 13.5 Å². The summed E-state index contributed by atoms with van der Waals surface area (Å²) in [7, 11) is 0.905. The molecule has 0 saturated carbocycles. The Bertz CT molecular complexity index is 749. The molecule has 0 bridgehead atoms. The summed E-state index contributed by atoms with van der Waals surface area (Å²) in [4.78, 5) is 12.2. The number of benzene rings is 1. The molecule has 1 aromatic carbocycles. The fourth-order valence-electron chi connectivity index (χ4n) is 1.90. The Morgan fingerprint density at radius 2 is 1.80 bits per heavy atom. The zero-order chi connectivity index (χ0) is 18.8. The lowest BCUT2D eigenvalue weighted by atomic mass is 10.2. The number of ether oxygens (including phenoxy) is 1. The van der Waals surface area contributed by atoms with Crippen LogP contribution in [0.1, 0.15) is 22.5 Å². The van der Waals surface area contributed by atoms with Crippen LogP contribution in [0.3, 0.4) is 0 Å². The van der Waals surface area contributed by atoms with Gasteiger partial charge in [0.2, 0.25) is 5.88 Å². The van der Waals surface area contributed by atoms with Gasteiger partial charge in [0.15, 0.2) is 0 Å². The maximum atomic E-state index is 13.2. The van der Waals surface area contributed by atoms with Crippen molar-refractivity contribution in [2.45, 2.75) is 19.0 Å². The van der Waals surface area contributed by atoms with Crippen LogP contribution in [-0.4, -0.2) is 28.2 Å². The van der Waals surface area contributed by atoms with Crippen LogP contribution < -0.4 is 10.1 Å². The van der Waals surface area contributed by atoms with Gasteiger partial charge in [0.05, 0.1) is 0 Å². The van der Waals surface area contributed by atoms with E-state index >= 15 is 0 Å². The van der Waals surface area contributed by atoms with E-state index in [2.05, 4.69) is 15.2 Å². The standard InChI is InChI=1S/C14H11F6N3O2/c1-23-12(25-14(19,20)13(17)18)8(9(22-23)10(15)16)11(24)21-7-5-3-2-4-6-7/h2-6,10,13H,1H3,(H,21,24). The van der Waals surface area contributed by atoms with E-state index in [1.807, 2.05) is 0 Å². The number of alkyl halides is 6. The first-order valence-corrected chi connectivity index (χ1v) is 6.70. The highest BCUT2D eigenvalue weighted by atomic mass is 19.3. The van der Waals surface area contributed by atoms with Crippen molar-refractivity contribution in [3.63, 3.8) is 0 Å². The van der Waals surface area contributed by atoms with E-state index in [0.29, 0.717) is 4.68 Å². The number of anilines is 1. The van der Waals surface area contributed by atoms with Gasteiger partial charge in [-0.2, -0.15) is 22.7 Å². The molecular weight excluding hydrogens is 356 g/mol. The number of amides is 1. The number of carbonyl (C=O) groups is 1. The monoisotopic (exact) mass is 367 g/mol. The quantitative estimate of drug-likeness (QED) is 0.790. The van der Waals surface area contributed by atoms with Gasteiger partial charge in [0, 0.05) is 12.7 Å². The molecule has 0 spiro atoms. The van der Waals surface area contributed by atoms with Gasteiger partial charge in [0.1, 0.15) is 11.3 Å². The smallest absolute Gasteiger partial charge is 0.410 e. The summed E-state index contributed by atoms with van der Waals surface area (Å²) in [6.07, 6.45) is -12.5. The Morgan fingerprint density at radius 1 is 1.20 bits per heavy atom. The van der Waals surface area contributed by atoms with Crippen LogP contribution in [0.25, 0.3) is 0 Å². The summed E-state index contributed by atoms with van der Waals surface area (Å²) in [6, 6.07) is 7.47. The average Bonchev–Trinajstić information content (AvgIpc) is 2.85. The van der Waals surface area contributed by atoms with E-state index in [9.17, 15) is 31.1 Å². The predicted molar refractivity (Wildman–Crippen MR) is 74.1 cm³/mol. The van der Waals surface area contributed by atoms with Crippen LogP contribution in [-0.2, 0) is 7.05 Å². The van der Waals surface area contributed by atoms with Crippen molar-refractivity contribution in [1.29, 1.82) is 0 Å². The van der Waals surface area contributed by atoms with Crippen LogP contribution in [0.2, 0.25) is 0 Å². The summed E-state index contributed by atoms with van der Waals surface area (Å²) < 4.78 is 81.3. The minimum atomic E-state index is -4.99. The highest BCUT2D eigenvalue weighted by Gasteiger charge is 2.46. The fourth-order valence-corrected chi connectivity index (χ4v) is 1.90. The molecule has 1 N–H and O–H groups in total. The number of hydrogen-bond donors (Lipinski definition) is 1. The van der Waals surface area contributed by atoms with Crippen molar-refractivity contribution in [3.05, 3.63) is 41.6 Å². The minimum absolute atomic E-state index is 0.170. The summed E-state index contributed by atoms with van der Waals surface area (Å²) in [6.45, 7) is 0. The Labute approximate surface area is 137 Å². The molecule has 0 aliphatic carbocycles. The molecule has 0 fully saturated rings. The van der Waals surface area contributed by atoms with E-state index < -0.39 is 42.0 Å². The molecule has 1 heterocycles. The van der Waals surface area contributed by atoms with E-state index in [1.165, 1.54) is 24.3 Å². The number of hydrogen-bond acceptors (Lipinski definition) is 3. The van der Waals surface area contributed by atoms with E-state index in [0.717, 1.165) is 7.05 Å². The van der Waals surface area contributed by atoms with Gasteiger partial charge >= 0.3 is 12.5 Å². The topological polar surface area (TPSA) is 56.2 Å². The van der Waals surface area contributed by atoms with Crippen molar-refractivity contribution in [1.82, 2.24) is 9.78 Å². The minimum Gasteiger partial charge on any atom is -0.410 e. The lowest BCUT2D eigenvalue weighted by molar-refractivity contribution is -0.255. The van der Waals surface area contributed by atoms with E-state index in [4.69, 9.17) is 0 Å². The second-order valence-corrected chi connectivity index (χ2v) is 4.77. The summed E-state index contributed by atoms with van der Waals surface area (Å²) >= 11 is 0. The Kier molecular flexibility index (Phi) is 5.24. The first-order chi connectivity index (χ1) is 11.6. The van der Waals surface area contributed by atoms with Crippen LogP contribution in [0, 0.1) is 0 Å². The molecule has 5 nitrogen and oxygen atoms in total. The number of aryl methyl sites for hydroxylation is 1. The number of carbonyl (C=O) groups excluding carboxylic acids is 1. The molecule has 2 aromatic rings. The van der Waals surface area contributed by atoms with Gasteiger partial charge in [-0.15, -0.1) is 0 Å². The lowest BCUT2D eigenvalue weighted by Gasteiger charge is -2.17. The molecule has 1 aromatic heterocycles. The van der Waals surface area contributed by atoms with E-state index in [1.54, 1.807) is 6.07 Å². The maximum absolute atomic E-state index is 13.2. The third-order valence-electron chi connectivity index (χ3n) is 2.97. The normalized spacial score (nSPS) is 11.9. The molecule has 2 rings (SSSR count). The van der Waals surface area contributed by atoms with Crippen molar-refractivity contribution < 1.29 is 35.9 Å². The molecular formula is C14H11F6N3O2. The van der Waals surface area contributed by atoms with Crippen LogP contribution in [0.5, 0.6) is 5.88 Å². The summed E-state index contributed by atoms with van der Waals surface area (Å²) in [5, 5.41) is 5.40. The van der Waals surface area contributed by atoms with Gasteiger partial charge in [-0.3, -0.25) is 4.79 Å². The lowest BCUT2D eigenvalue weighted by Crippen LogP contribution is -2.35. The SMILES string of the molecule is Cn1nc(C(F)F)c(C(=O)Nc2ccccc2)c1OC(F)(F)C(F)F. The number of nitrogens with one attached hydrogen (secondary N) is 1. The van der Waals surface area contributed by atoms with Gasteiger partial charge in [-0.05, 0) is 12.1 Å². The van der Waals surface area contributed by atoms with Gasteiger partial charge in [-0.1, -0.05) is 18.2 Å². The predicted octanol–water partition coefficient (Wildman–Crippen LogP) is 3.85. The molecule has 136 valence electrons. The number of halogens is 6. The van der Waals surface area contributed by atoms with Crippen molar-refractivity contribution in [3.8, 4) is 5.88 Å². The molecule has 0 aliphatic rings. The molecule has 1 amide bonds. The number of para-hydroxylation sites is 1. The molecule has 11 heteroatoms. The number of rotatable bonds is 6. The second kappa shape index (κ2) is 7.03. The zero-order valence-corrected chi connectivity index (χ0v) is 12.5. The van der Waals surface area contributed by atoms with Crippen molar-refractivity contribution in [2.24, 2.45) is 7.05 Å². The Balaban J connectivity index is 2.45.